The molecule has 0 atom stereocenters. The van der Waals surface area contributed by atoms with E-state index in [9.17, 15) is 4.39 Å². The molecule has 0 fully saturated rings. The van der Waals surface area contributed by atoms with E-state index in [0.29, 0.717) is 5.92 Å². The molecule has 0 aliphatic carbocycles. The smallest absolute Gasteiger partial charge is 0.131 e. The number of fused-ring (bicyclic) bond motifs is 3. The van der Waals surface area contributed by atoms with Crippen LogP contribution < -0.4 is 4.90 Å². The van der Waals surface area contributed by atoms with Gasteiger partial charge in [-0.2, -0.15) is 0 Å². The highest BCUT2D eigenvalue weighted by atomic mass is 19.1. The Morgan fingerprint density at radius 3 is 2.58 bits per heavy atom. The summed E-state index contributed by atoms with van der Waals surface area (Å²) in [5.41, 5.74) is 5.33. The Morgan fingerprint density at radius 2 is 1.84 bits per heavy atom. The Bertz CT molecular complexity index is 631. The van der Waals surface area contributed by atoms with Gasteiger partial charge in [-0.05, 0) is 23.1 Å². The van der Waals surface area contributed by atoms with Crippen LogP contribution in [0.15, 0.2) is 36.4 Å². The van der Waals surface area contributed by atoms with Crippen molar-refractivity contribution >= 4 is 5.69 Å². The van der Waals surface area contributed by atoms with Crippen molar-refractivity contribution in [2.24, 2.45) is 0 Å². The quantitative estimate of drug-likeness (QED) is 0.721. The summed E-state index contributed by atoms with van der Waals surface area (Å²) >= 11 is 0. The molecule has 0 bridgehead atoms. The first-order valence-electron chi connectivity index (χ1n) is 6.71. The highest BCUT2D eigenvalue weighted by Crippen LogP contribution is 2.43. The van der Waals surface area contributed by atoms with E-state index >= 15 is 0 Å². The van der Waals surface area contributed by atoms with Crippen molar-refractivity contribution in [1.29, 1.82) is 0 Å². The van der Waals surface area contributed by atoms with E-state index in [-0.39, 0.29) is 5.82 Å². The number of benzene rings is 2. The van der Waals surface area contributed by atoms with Gasteiger partial charge in [0.2, 0.25) is 0 Å². The monoisotopic (exact) mass is 255 g/mol. The summed E-state index contributed by atoms with van der Waals surface area (Å²) < 4.78 is 14.2. The average molecular weight is 255 g/mol. The molecule has 98 valence electrons. The summed E-state index contributed by atoms with van der Waals surface area (Å²) in [5.74, 6) is 0.318. The third-order valence-corrected chi connectivity index (χ3v) is 3.85. The molecule has 0 unspecified atom stereocenters. The number of anilines is 1. The summed E-state index contributed by atoms with van der Waals surface area (Å²) in [5, 5.41) is 0. The molecule has 3 rings (SSSR count). The van der Waals surface area contributed by atoms with Crippen LogP contribution in [0.2, 0.25) is 0 Å². The fourth-order valence-corrected chi connectivity index (χ4v) is 2.99. The summed E-state index contributed by atoms with van der Waals surface area (Å²) in [7, 11) is 2.08. The van der Waals surface area contributed by atoms with Gasteiger partial charge in [-0.15, -0.1) is 0 Å². The fourth-order valence-electron chi connectivity index (χ4n) is 2.99. The van der Waals surface area contributed by atoms with Gasteiger partial charge in [-0.25, -0.2) is 4.39 Å². The predicted octanol–water partition coefficient (Wildman–Crippen LogP) is 4.57. The van der Waals surface area contributed by atoms with Crippen molar-refractivity contribution in [2.45, 2.75) is 26.3 Å². The molecule has 1 nitrogen and oxygen atoms in total. The summed E-state index contributed by atoms with van der Waals surface area (Å²) in [6.07, 6.45) is 0. The van der Waals surface area contributed by atoms with E-state index in [1.54, 1.807) is 12.1 Å². The highest BCUT2D eigenvalue weighted by molar-refractivity contribution is 5.86. The van der Waals surface area contributed by atoms with Gasteiger partial charge in [0.05, 0.1) is 0 Å². The van der Waals surface area contributed by atoms with Crippen molar-refractivity contribution in [3.8, 4) is 11.1 Å². The van der Waals surface area contributed by atoms with Crippen molar-refractivity contribution in [3.05, 3.63) is 53.3 Å². The lowest BCUT2D eigenvalue weighted by Gasteiger charge is -2.32. The summed E-state index contributed by atoms with van der Waals surface area (Å²) in [6, 6.07) is 11.6. The third-order valence-electron chi connectivity index (χ3n) is 3.85. The van der Waals surface area contributed by atoms with E-state index < -0.39 is 0 Å². The van der Waals surface area contributed by atoms with Crippen LogP contribution in [0.1, 0.15) is 30.9 Å². The SMILES string of the molecule is CC(C)c1cccc2c1N(C)Cc1cccc(F)c1-2. The molecular weight excluding hydrogens is 237 g/mol. The molecule has 0 spiro atoms. The maximum atomic E-state index is 14.2. The molecule has 19 heavy (non-hydrogen) atoms. The first kappa shape index (κ1) is 12.2. The highest BCUT2D eigenvalue weighted by Gasteiger charge is 2.25. The fraction of sp³-hybridized carbons (Fsp3) is 0.294. The second-order valence-electron chi connectivity index (χ2n) is 5.53. The Labute approximate surface area is 113 Å². The Balaban J connectivity index is 2.33. The molecule has 0 N–H and O–H groups in total. The standard InChI is InChI=1S/C17H18FN/c1-11(2)13-7-5-8-14-16-12(6-4-9-15(16)18)10-19(3)17(13)14/h4-9,11H,10H2,1-3H3. The molecule has 1 aliphatic heterocycles. The van der Waals surface area contributed by atoms with Gasteiger partial charge < -0.3 is 4.90 Å². The van der Waals surface area contributed by atoms with Crippen molar-refractivity contribution < 1.29 is 4.39 Å². The van der Waals surface area contributed by atoms with Crippen LogP contribution in [0.5, 0.6) is 0 Å². The van der Waals surface area contributed by atoms with Crippen LogP contribution in [0, 0.1) is 5.82 Å². The zero-order valence-electron chi connectivity index (χ0n) is 11.6. The van der Waals surface area contributed by atoms with Crippen LogP contribution >= 0.6 is 0 Å². The topological polar surface area (TPSA) is 3.24 Å². The Kier molecular flexibility index (Phi) is 2.81. The van der Waals surface area contributed by atoms with Gasteiger partial charge in [0.25, 0.3) is 0 Å². The minimum atomic E-state index is -0.118. The summed E-state index contributed by atoms with van der Waals surface area (Å²) in [4.78, 5) is 2.23. The first-order valence-corrected chi connectivity index (χ1v) is 6.71. The largest absolute Gasteiger partial charge is 0.370 e. The number of hydrogen-bond donors (Lipinski definition) is 0. The molecule has 1 aliphatic rings. The molecule has 0 amide bonds. The molecule has 0 aromatic heterocycles. The van der Waals surface area contributed by atoms with Crippen LogP contribution in [0.25, 0.3) is 11.1 Å². The summed E-state index contributed by atoms with van der Waals surface area (Å²) in [6.45, 7) is 5.13. The van der Waals surface area contributed by atoms with E-state index in [2.05, 4.69) is 31.9 Å². The molecule has 0 radical (unpaired) electrons. The van der Waals surface area contributed by atoms with Crippen LogP contribution in [0.4, 0.5) is 10.1 Å². The number of rotatable bonds is 1. The van der Waals surface area contributed by atoms with Gasteiger partial charge in [-0.1, -0.05) is 44.2 Å². The molecule has 0 saturated heterocycles. The second kappa shape index (κ2) is 4.37. The van der Waals surface area contributed by atoms with Gasteiger partial charge >= 0.3 is 0 Å². The Hall–Kier alpha value is -1.83. The van der Waals surface area contributed by atoms with E-state index in [1.165, 1.54) is 11.3 Å². The average Bonchev–Trinajstić information content (AvgIpc) is 2.38. The van der Waals surface area contributed by atoms with E-state index in [0.717, 1.165) is 23.2 Å². The minimum absolute atomic E-state index is 0.118. The molecule has 2 aromatic carbocycles. The van der Waals surface area contributed by atoms with Crippen molar-refractivity contribution in [1.82, 2.24) is 0 Å². The zero-order chi connectivity index (χ0) is 13.6. The molecule has 0 saturated carbocycles. The van der Waals surface area contributed by atoms with E-state index in [1.807, 2.05) is 18.2 Å². The van der Waals surface area contributed by atoms with Gasteiger partial charge in [0.15, 0.2) is 0 Å². The lowest BCUT2D eigenvalue weighted by atomic mass is 9.88. The Morgan fingerprint density at radius 1 is 1.11 bits per heavy atom. The van der Waals surface area contributed by atoms with Crippen LogP contribution in [-0.2, 0) is 6.54 Å². The predicted molar refractivity (Wildman–Crippen MR) is 78.0 cm³/mol. The number of para-hydroxylation sites is 1. The maximum Gasteiger partial charge on any atom is 0.131 e. The third kappa shape index (κ3) is 1.83. The lowest BCUT2D eigenvalue weighted by molar-refractivity contribution is 0.627. The lowest BCUT2D eigenvalue weighted by Crippen LogP contribution is -2.23. The first-order chi connectivity index (χ1) is 9.09. The number of halogens is 1. The van der Waals surface area contributed by atoms with Crippen LogP contribution in [-0.4, -0.2) is 7.05 Å². The van der Waals surface area contributed by atoms with E-state index in [4.69, 9.17) is 0 Å². The van der Waals surface area contributed by atoms with Crippen molar-refractivity contribution in [3.63, 3.8) is 0 Å². The van der Waals surface area contributed by atoms with Gasteiger partial charge in [0, 0.05) is 30.4 Å². The minimum Gasteiger partial charge on any atom is -0.370 e. The van der Waals surface area contributed by atoms with Crippen LogP contribution in [0.3, 0.4) is 0 Å². The number of nitrogens with zero attached hydrogens (tertiary/aromatic N) is 1. The maximum absolute atomic E-state index is 14.2. The second-order valence-corrected chi connectivity index (χ2v) is 5.53. The molecule has 2 heteroatoms. The molecule has 1 heterocycles. The molecular formula is C17H18FN. The van der Waals surface area contributed by atoms with Crippen molar-refractivity contribution in [2.75, 3.05) is 11.9 Å². The van der Waals surface area contributed by atoms with Gasteiger partial charge in [0.1, 0.15) is 5.82 Å². The zero-order valence-corrected chi connectivity index (χ0v) is 11.6. The number of hydrogen-bond acceptors (Lipinski definition) is 1. The molecule has 2 aromatic rings. The van der Waals surface area contributed by atoms with Gasteiger partial charge in [-0.3, -0.25) is 0 Å². The normalized spacial score (nSPS) is 13.4.